The number of hydrogen-bond acceptors (Lipinski definition) is 29. The SMILES string of the molecule is NC(N)=NCCCC(N)C(=O)NC[C@H]1O[C@H](OC2[C@@H](OC3O[C@@H](CO)[C@H](OC4O[C@H](O)[C@H](O)[C@@H](O)[C@@H]4NC(=O)C(N)CCCN=C(N)N)[C@@H]3O)[C@H](O)[C@@H](NC(=O)C(N)CCCN=C(N)N)C[C@H]2NC(=O)C(N)CCCN=C(N)N)[C@H](NC(=O)C(N)CCCN=C(N)N)[C@@H](O)[C@@H]1O. The molecule has 1 saturated carbocycles. The molecule has 1 aliphatic carbocycles. The number of nitrogens with two attached hydrogens (primary N) is 15. The number of guanidine groups is 5. The van der Waals surface area contributed by atoms with Crippen LogP contribution in [0.3, 0.4) is 0 Å². The van der Waals surface area contributed by atoms with Crippen LogP contribution >= 0.6 is 0 Å². The number of amides is 5. The van der Waals surface area contributed by atoms with E-state index in [0.717, 1.165) is 0 Å². The van der Waals surface area contributed by atoms with Gasteiger partial charge in [0.2, 0.25) is 29.5 Å². The molecule has 5 amide bonds. The van der Waals surface area contributed by atoms with Gasteiger partial charge in [-0.15, -0.1) is 0 Å². The van der Waals surface area contributed by atoms with Crippen molar-refractivity contribution in [3.63, 3.8) is 0 Å². The predicted octanol–water partition coefficient (Wildman–Crippen LogP) is -16.2. The van der Waals surface area contributed by atoms with Crippen LogP contribution in [0.25, 0.3) is 0 Å². The summed E-state index contributed by atoms with van der Waals surface area (Å²) in [5.41, 5.74) is 85.8. The number of aliphatic hydroxyl groups is 8. The molecular formula is C52H103N25O19. The average molecular weight is 1380 g/mol. The van der Waals surface area contributed by atoms with Crippen molar-refractivity contribution in [1.82, 2.24) is 26.6 Å². The lowest BCUT2D eigenvalue weighted by Crippen LogP contribution is -2.71. The normalized spacial score (nSPS) is 31.1. The van der Waals surface area contributed by atoms with Crippen LogP contribution in [-0.2, 0) is 52.4 Å². The van der Waals surface area contributed by atoms with Crippen molar-refractivity contribution in [3.05, 3.63) is 0 Å². The number of carbonyl (C=O) groups excluding carboxylic acids is 5. The summed E-state index contributed by atoms with van der Waals surface area (Å²) in [5, 5.41) is 105. The molecule has 3 heterocycles. The first-order valence-electron chi connectivity index (χ1n) is 31.1. The second-order valence-electron chi connectivity index (χ2n) is 23.5. The van der Waals surface area contributed by atoms with Crippen molar-refractivity contribution in [3.8, 4) is 0 Å². The molecule has 4 aliphatic rings. The van der Waals surface area contributed by atoms with E-state index in [4.69, 9.17) is 114 Å². The van der Waals surface area contributed by atoms with Gasteiger partial charge in [-0.3, -0.25) is 48.9 Å². The summed E-state index contributed by atoms with van der Waals surface area (Å²) in [6, 6.07) is -13.2. The third kappa shape index (κ3) is 25.4. The molecule has 0 aromatic rings. The number of ether oxygens (including phenoxy) is 6. The van der Waals surface area contributed by atoms with Crippen LogP contribution in [0.2, 0.25) is 0 Å². The van der Waals surface area contributed by atoms with Crippen LogP contribution in [0.15, 0.2) is 25.0 Å². The molecule has 44 nitrogen and oxygen atoms in total. The molecule has 3 aliphatic heterocycles. The molecule has 43 N–H and O–H groups in total. The minimum atomic E-state index is -2.19. The summed E-state index contributed by atoms with van der Waals surface area (Å²) in [6.07, 6.45) is -29.4. The Morgan fingerprint density at radius 3 is 1.15 bits per heavy atom. The van der Waals surface area contributed by atoms with E-state index < -0.39 is 196 Å². The number of aliphatic imine (C=N–C) groups is 5. The lowest BCUT2D eigenvalue weighted by atomic mass is 9.82. The van der Waals surface area contributed by atoms with Gasteiger partial charge in [-0.05, 0) is 70.6 Å². The molecule has 0 radical (unpaired) electrons. The van der Waals surface area contributed by atoms with E-state index >= 15 is 0 Å². The minimum absolute atomic E-state index is 0.00237. The molecule has 4 rings (SSSR count). The van der Waals surface area contributed by atoms with Gasteiger partial charge in [-0.2, -0.15) is 0 Å². The standard InChI is InChI=1S/C52H103N25O19/c53-19(6-1-11-68-48(58)59)39(85)73-17-26-31(80)32(81)28(76-42(88)22(56)9-4-14-71-51(64)65)45(91-26)93-36-25(75-41(87)21(55)8-3-13-70-50(62)63)16-24(74-40(86)20(54)7-2-12-69-49(60)61)30(79)38(36)95-47-35(84)37(27(18-78)92-47)94-46-29(33(82)34(83)44(90)96-46)77-43(89)23(57)10-5-15-72-52(66)67/h19-38,44-47,78-84,90H,1-18,53-57H2,(H,73,85)(H,74,86)(H,75,87)(H,76,88)(H,77,89)(H4,58,59,68)(H4,60,61,69)(H4,62,63,70)(H4,64,65,71)(H4,66,67,72)/t19?,20?,21?,22?,23?,24-,25+,26+,27-,28+,29-,30+,31+,32+,33-,34+,35-,36?,37-,38-,44-,45+,46?,47?/m0/s1. The van der Waals surface area contributed by atoms with E-state index in [9.17, 15) is 64.8 Å². The summed E-state index contributed by atoms with van der Waals surface area (Å²) in [5.74, 6) is -5.51. The summed E-state index contributed by atoms with van der Waals surface area (Å²) < 4.78 is 37.1. The maximum Gasteiger partial charge on any atom is 0.237 e. The molecule has 0 aromatic carbocycles. The highest BCUT2D eigenvalue weighted by atomic mass is 16.8. The minimum Gasteiger partial charge on any atom is -0.394 e. The molecule has 4 fully saturated rings. The number of nitrogens with zero attached hydrogens (tertiary/aromatic N) is 5. The summed E-state index contributed by atoms with van der Waals surface area (Å²) in [7, 11) is 0. The van der Waals surface area contributed by atoms with Crippen LogP contribution < -0.4 is 113 Å². The van der Waals surface area contributed by atoms with Crippen molar-refractivity contribution in [2.45, 2.75) is 217 Å². The van der Waals surface area contributed by atoms with Gasteiger partial charge < -0.3 is 182 Å². The summed E-state index contributed by atoms with van der Waals surface area (Å²) >= 11 is 0. The lowest BCUT2D eigenvalue weighted by Gasteiger charge is -2.49. The predicted molar refractivity (Wildman–Crippen MR) is 341 cm³/mol. The van der Waals surface area contributed by atoms with Gasteiger partial charge in [0.1, 0.15) is 79.2 Å². The number of hydrogen-bond donors (Lipinski definition) is 28. The van der Waals surface area contributed by atoms with Gasteiger partial charge in [0.15, 0.2) is 55.0 Å². The Kier molecular flexibility index (Phi) is 33.9. The van der Waals surface area contributed by atoms with E-state index in [1.807, 2.05) is 0 Å². The Bertz CT molecular complexity index is 2600. The first kappa shape index (κ1) is 81.4. The molecule has 3 saturated heterocycles. The van der Waals surface area contributed by atoms with E-state index in [1.165, 1.54) is 0 Å². The van der Waals surface area contributed by atoms with Gasteiger partial charge >= 0.3 is 0 Å². The highest BCUT2D eigenvalue weighted by molar-refractivity contribution is 5.84. The zero-order valence-corrected chi connectivity index (χ0v) is 53.0. The molecule has 0 aromatic heterocycles. The average Bonchev–Trinajstić information content (AvgIpc) is 1.53. The lowest BCUT2D eigenvalue weighted by molar-refractivity contribution is -0.330. The fourth-order valence-electron chi connectivity index (χ4n) is 10.6. The zero-order valence-electron chi connectivity index (χ0n) is 53.0. The largest absolute Gasteiger partial charge is 0.394 e. The van der Waals surface area contributed by atoms with Crippen molar-refractivity contribution >= 4 is 59.3 Å². The van der Waals surface area contributed by atoms with Crippen molar-refractivity contribution in [2.75, 3.05) is 45.9 Å². The zero-order chi connectivity index (χ0) is 71.7. The van der Waals surface area contributed by atoms with E-state index in [2.05, 4.69) is 51.5 Å². The Balaban J connectivity index is 1.86. The van der Waals surface area contributed by atoms with Gasteiger partial charge in [-0.25, -0.2) is 0 Å². The topological polar surface area (TPSA) is 815 Å². The van der Waals surface area contributed by atoms with Crippen LogP contribution in [0.1, 0.15) is 70.6 Å². The second-order valence-corrected chi connectivity index (χ2v) is 23.5. The molecule has 44 heteroatoms. The Hall–Kier alpha value is -7.06. The molecule has 550 valence electrons. The second kappa shape index (κ2) is 40.0. The van der Waals surface area contributed by atoms with Crippen LogP contribution in [0.4, 0.5) is 0 Å². The van der Waals surface area contributed by atoms with Gasteiger partial charge in [-0.1, -0.05) is 0 Å². The highest BCUT2D eigenvalue weighted by Gasteiger charge is 2.57. The molecule has 96 heavy (non-hydrogen) atoms. The summed E-state index contributed by atoms with van der Waals surface area (Å²) in [6.45, 7) is -1.23. The van der Waals surface area contributed by atoms with Crippen molar-refractivity contribution in [1.29, 1.82) is 0 Å². The fourth-order valence-corrected chi connectivity index (χ4v) is 10.6. The fraction of sp³-hybridized carbons (Fsp3) is 0.808. The van der Waals surface area contributed by atoms with E-state index in [-0.39, 0.29) is 127 Å². The third-order valence-corrected chi connectivity index (χ3v) is 15.9. The first-order chi connectivity index (χ1) is 45.3. The van der Waals surface area contributed by atoms with Crippen molar-refractivity contribution in [2.24, 2.45) is 111 Å². The summed E-state index contributed by atoms with van der Waals surface area (Å²) in [4.78, 5) is 88.6. The quantitative estimate of drug-likeness (QED) is 0.0155. The monoisotopic (exact) mass is 1380 g/mol. The van der Waals surface area contributed by atoms with Crippen LogP contribution in [-0.4, -0.2) is 293 Å². The number of aliphatic hydroxyl groups excluding tert-OH is 8. The molecule has 0 spiro atoms. The smallest absolute Gasteiger partial charge is 0.237 e. The van der Waals surface area contributed by atoms with Gasteiger partial charge in [0.05, 0.1) is 48.9 Å². The van der Waals surface area contributed by atoms with Crippen LogP contribution in [0.5, 0.6) is 0 Å². The van der Waals surface area contributed by atoms with Gasteiger partial charge in [0.25, 0.3) is 0 Å². The van der Waals surface area contributed by atoms with E-state index in [1.54, 1.807) is 0 Å². The number of nitrogens with one attached hydrogen (secondary N) is 5. The maximum atomic E-state index is 14.4. The van der Waals surface area contributed by atoms with Gasteiger partial charge in [0, 0.05) is 39.3 Å². The number of rotatable bonds is 38. The molecule has 0 bridgehead atoms. The van der Waals surface area contributed by atoms with Crippen molar-refractivity contribution < 1.29 is 93.2 Å². The Labute approximate surface area is 551 Å². The van der Waals surface area contributed by atoms with Crippen LogP contribution in [0, 0.1) is 0 Å². The Morgan fingerprint density at radius 2 is 0.740 bits per heavy atom. The molecule has 24 atom stereocenters. The number of carbonyl (C=O) groups is 5. The molecular weight excluding hydrogens is 1280 g/mol. The third-order valence-electron chi connectivity index (χ3n) is 15.9. The highest BCUT2D eigenvalue weighted by Crippen LogP contribution is 2.36. The maximum absolute atomic E-state index is 14.4. The molecule has 8 unspecified atom stereocenters. The first-order valence-corrected chi connectivity index (χ1v) is 31.1. The Morgan fingerprint density at radius 1 is 0.396 bits per heavy atom. The van der Waals surface area contributed by atoms with E-state index in [0.29, 0.717) is 0 Å².